The number of likely N-dealkylation sites (tertiary alicyclic amines) is 1. The molecule has 28 heavy (non-hydrogen) atoms. The van der Waals surface area contributed by atoms with Gasteiger partial charge in [0.25, 0.3) is 0 Å². The number of aliphatic imine (C=N–C) groups is 1. The predicted molar refractivity (Wildman–Crippen MR) is 119 cm³/mol. The molecule has 1 aliphatic rings. The Labute approximate surface area is 191 Å². The van der Waals surface area contributed by atoms with Crippen molar-refractivity contribution in [2.45, 2.75) is 32.0 Å². The summed E-state index contributed by atoms with van der Waals surface area (Å²) < 4.78 is 39.1. The van der Waals surface area contributed by atoms with Gasteiger partial charge in [-0.05, 0) is 44.3 Å². The van der Waals surface area contributed by atoms with Crippen LogP contribution in [-0.2, 0) is 13.6 Å². The summed E-state index contributed by atoms with van der Waals surface area (Å²) in [5.74, 6) is 1.10. The molecule has 162 valence electrons. The van der Waals surface area contributed by atoms with Crippen LogP contribution in [0.25, 0.3) is 0 Å². The van der Waals surface area contributed by atoms with E-state index >= 15 is 0 Å². The van der Waals surface area contributed by atoms with Crippen LogP contribution in [0.15, 0.2) is 11.1 Å². The quantitative estimate of drug-likeness (QED) is 0.313. The molecule has 1 fully saturated rings. The summed E-state index contributed by atoms with van der Waals surface area (Å²) in [5, 5.41) is 7.46. The van der Waals surface area contributed by atoms with Crippen LogP contribution >= 0.6 is 47.2 Å². The van der Waals surface area contributed by atoms with Gasteiger partial charge in [0.05, 0.1) is 18.1 Å². The van der Waals surface area contributed by atoms with Crippen molar-refractivity contribution in [3.05, 3.63) is 21.9 Å². The molecule has 0 aliphatic carbocycles. The highest BCUT2D eigenvalue weighted by molar-refractivity contribution is 14.0. The molecule has 1 aromatic rings. The van der Waals surface area contributed by atoms with E-state index in [4.69, 9.17) is 23.2 Å². The molecule has 0 aromatic carbocycles. The minimum absolute atomic E-state index is 0. The number of piperidine rings is 1. The van der Waals surface area contributed by atoms with Crippen LogP contribution < -0.4 is 10.6 Å². The Balaban J connectivity index is 0.00000392. The summed E-state index contributed by atoms with van der Waals surface area (Å²) in [6, 6.07) is 1.80. The molecular weight excluding hydrogens is 529 g/mol. The van der Waals surface area contributed by atoms with Gasteiger partial charge < -0.3 is 15.2 Å². The van der Waals surface area contributed by atoms with Crippen LogP contribution in [0.3, 0.4) is 0 Å². The summed E-state index contributed by atoms with van der Waals surface area (Å²) in [6.07, 6.45) is -1.62. The Morgan fingerprint density at radius 1 is 1.25 bits per heavy atom. The number of hydrogen-bond donors (Lipinski definition) is 2. The van der Waals surface area contributed by atoms with E-state index in [0.29, 0.717) is 41.7 Å². The van der Waals surface area contributed by atoms with E-state index in [1.807, 2.05) is 7.05 Å². The van der Waals surface area contributed by atoms with E-state index in [2.05, 4.69) is 15.6 Å². The van der Waals surface area contributed by atoms with Crippen molar-refractivity contribution in [3.8, 4) is 0 Å². The third-order valence-electron chi connectivity index (χ3n) is 4.83. The molecule has 2 heterocycles. The van der Waals surface area contributed by atoms with Gasteiger partial charge in [-0.3, -0.25) is 9.89 Å². The Bertz CT molecular complexity index is 643. The highest BCUT2D eigenvalue weighted by Crippen LogP contribution is 2.25. The lowest BCUT2D eigenvalue weighted by molar-refractivity contribution is -0.148. The molecule has 0 bridgehead atoms. The number of alkyl halides is 3. The first-order valence-corrected chi connectivity index (χ1v) is 9.68. The van der Waals surface area contributed by atoms with E-state index in [1.54, 1.807) is 17.7 Å². The van der Waals surface area contributed by atoms with Gasteiger partial charge in [-0.1, -0.05) is 23.2 Å². The molecule has 11 heteroatoms. The third-order valence-corrected chi connectivity index (χ3v) is 5.67. The summed E-state index contributed by atoms with van der Waals surface area (Å²) in [7, 11) is 3.53. The van der Waals surface area contributed by atoms with Crippen LogP contribution in [0.1, 0.15) is 25.0 Å². The Kier molecular flexibility index (Phi) is 10.7. The number of nitrogens with one attached hydrogen (secondary N) is 2. The summed E-state index contributed by atoms with van der Waals surface area (Å²) >= 11 is 12.1. The van der Waals surface area contributed by atoms with Crippen molar-refractivity contribution in [2.24, 2.45) is 18.0 Å². The smallest absolute Gasteiger partial charge is 0.356 e. The lowest BCUT2D eigenvalue weighted by atomic mass is 9.93. The van der Waals surface area contributed by atoms with Crippen molar-refractivity contribution >= 4 is 53.1 Å². The van der Waals surface area contributed by atoms with Crippen LogP contribution in [0.2, 0.25) is 10.2 Å². The molecule has 2 N–H and O–H groups in total. The minimum Gasteiger partial charge on any atom is -0.356 e. The second-order valence-electron chi connectivity index (χ2n) is 6.81. The van der Waals surface area contributed by atoms with E-state index in [-0.39, 0.29) is 24.0 Å². The van der Waals surface area contributed by atoms with Crippen molar-refractivity contribution < 1.29 is 13.2 Å². The molecule has 0 spiro atoms. The Morgan fingerprint density at radius 2 is 1.89 bits per heavy atom. The third kappa shape index (κ3) is 8.16. The average Bonchev–Trinajstić information content (AvgIpc) is 2.85. The van der Waals surface area contributed by atoms with E-state index in [1.165, 1.54) is 4.90 Å². The van der Waals surface area contributed by atoms with Gasteiger partial charge in [0.15, 0.2) is 5.96 Å². The first-order valence-electron chi connectivity index (χ1n) is 8.93. The highest BCUT2D eigenvalue weighted by atomic mass is 127. The summed E-state index contributed by atoms with van der Waals surface area (Å²) in [4.78, 5) is 5.67. The maximum absolute atomic E-state index is 12.4. The van der Waals surface area contributed by atoms with Crippen LogP contribution in [0.4, 0.5) is 13.2 Å². The zero-order chi connectivity index (χ0) is 20.0. The Hall–Kier alpha value is -0.390. The fraction of sp³-hybridized carbons (Fsp3) is 0.706. The number of hydrogen-bond acceptors (Lipinski definition) is 2. The number of guanidine groups is 1. The minimum atomic E-state index is -4.11. The summed E-state index contributed by atoms with van der Waals surface area (Å²) in [6.45, 7) is 1.46. The van der Waals surface area contributed by atoms with Crippen molar-refractivity contribution in [2.75, 3.05) is 33.2 Å². The SMILES string of the molecule is CN=C(NCCC1CCN(CC(F)(F)F)CC1)NCc1cc(Cl)c(Cl)n1C.I. The molecule has 0 unspecified atom stereocenters. The molecule has 1 aromatic heterocycles. The van der Waals surface area contributed by atoms with Gasteiger partial charge in [0, 0.05) is 26.3 Å². The molecule has 1 saturated heterocycles. The maximum Gasteiger partial charge on any atom is 0.401 e. The normalized spacial score (nSPS) is 16.8. The second kappa shape index (κ2) is 11.7. The largest absolute Gasteiger partial charge is 0.401 e. The van der Waals surface area contributed by atoms with Crippen molar-refractivity contribution in [3.63, 3.8) is 0 Å². The van der Waals surface area contributed by atoms with E-state index in [9.17, 15) is 13.2 Å². The van der Waals surface area contributed by atoms with Gasteiger partial charge in [-0.15, -0.1) is 24.0 Å². The average molecular weight is 556 g/mol. The fourth-order valence-electron chi connectivity index (χ4n) is 3.23. The second-order valence-corrected chi connectivity index (χ2v) is 7.57. The number of halogens is 6. The maximum atomic E-state index is 12.4. The molecular formula is C17H27Cl2F3IN5. The number of aromatic nitrogens is 1. The van der Waals surface area contributed by atoms with Crippen LogP contribution in [-0.4, -0.2) is 54.8 Å². The van der Waals surface area contributed by atoms with Crippen LogP contribution in [0.5, 0.6) is 0 Å². The van der Waals surface area contributed by atoms with Crippen molar-refractivity contribution in [1.29, 1.82) is 0 Å². The molecule has 5 nitrogen and oxygen atoms in total. The molecule has 1 aliphatic heterocycles. The fourth-order valence-corrected chi connectivity index (χ4v) is 3.65. The molecule has 0 atom stereocenters. The van der Waals surface area contributed by atoms with Gasteiger partial charge >= 0.3 is 6.18 Å². The monoisotopic (exact) mass is 555 g/mol. The van der Waals surface area contributed by atoms with E-state index < -0.39 is 12.7 Å². The molecule has 2 rings (SSSR count). The zero-order valence-electron chi connectivity index (χ0n) is 16.0. The topological polar surface area (TPSA) is 44.6 Å². The van der Waals surface area contributed by atoms with Crippen LogP contribution in [0, 0.1) is 5.92 Å². The summed E-state index contributed by atoms with van der Waals surface area (Å²) in [5.41, 5.74) is 0.935. The lowest BCUT2D eigenvalue weighted by Crippen LogP contribution is -2.41. The first-order chi connectivity index (χ1) is 12.7. The highest BCUT2D eigenvalue weighted by Gasteiger charge is 2.32. The van der Waals surface area contributed by atoms with Gasteiger partial charge in [-0.25, -0.2) is 0 Å². The first kappa shape index (κ1) is 25.6. The van der Waals surface area contributed by atoms with E-state index in [0.717, 1.165) is 31.5 Å². The lowest BCUT2D eigenvalue weighted by Gasteiger charge is -2.32. The standard InChI is InChI=1S/C17H26Cl2F3N5.HI/c1-23-16(25-10-13-9-14(18)15(19)26(13)2)24-6-3-12-4-7-27(8-5-12)11-17(20,21)22;/h9,12H,3-8,10-11H2,1-2H3,(H2,23,24,25);1H. The number of rotatable bonds is 6. The van der Waals surface area contributed by atoms with Gasteiger partial charge in [0.2, 0.25) is 0 Å². The molecule has 0 amide bonds. The molecule has 0 radical (unpaired) electrons. The van der Waals surface area contributed by atoms with Gasteiger partial charge in [0.1, 0.15) is 5.15 Å². The van der Waals surface area contributed by atoms with Gasteiger partial charge in [-0.2, -0.15) is 13.2 Å². The predicted octanol–water partition coefficient (Wildman–Crippen LogP) is 4.28. The number of nitrogens with zero attached hydrogens (tertiary/aromatic N) is 3. The molecule has 0 saturated carbocycles. The Morgan fingerprint density at radius 3 is 2.39 bits per heavy atom. The van der Waals surface area contributed by atoms with Crippen molar-refractivity contribution in [1.82, 2.24) is 20.1 Å². The zero-order valence-corrected chi connectivity index (χ0v) is 19.8.